The van der Waals surface area contributed by atoms with E-state index in [4.69, 9.17) is 9.47 Å². The summed E-state index contributed by atoms with van der Waals surface area (Å²) in [4.78, 5) is 17.1. The van der Waals surface area contributed by atoms with Gasteiger partial charge in [0.15, 0.2) is 0 Å². The first-order valence-corrected chi connectivity index (χ1v) is 8.24. The summed E-state index contributed by atoms with van der Waals surface area (Å²) >= 11 is 0. The fraction of sp³-hybridized carbons (Fsp3) is 0.368. The van der Waals surface area contributed by atoms with Crippen LogP contribution in [-0.2, 0) is 0 Å². The molecule has 0 atom stereocenters. The second kappa shape index (κ2) is 6.89. The van der Waals surface area contributed by atoms with Crippen molar-refractivity contribution >= 4 is 5.69 Å². The second-order valence-electron chi connectivity index (χ2n) is 6.10. The van der Waals surface area contributed by atoms with Crippen LogP contribution < -0.4 is 19.9 Å². The minimum absolute atomic E-state index is 0.0693. The number of pyridine rings is 1. The Bertz CT molecular complexity index is 890. The molecule has 6 heteroatoms. The minimum Gasteiger partial charge on any atom is -0.496 e. The highest BCUT2D eigenvalue weighted by Gasteiger charge is 2.22. The van der Waals surface area contributed by atoms with E-state index in [1.807, 2.05) is 18.2 Å². The molecule has 1 fully saturated rings. The maximum absolute atomic E-state index is 12.1. The van der Waals surface area contributed by atoms with Crippen molar-refractivity contribution in [3.63, 3.8) is 0 Å². The van der Waals surface area contributed by atoms with Gasteiger partial charge in [-0.05, 0) is 31.9 Å². The molecule has 0 amide bonds. The number of ether oxygens (including phenoxy) is 2. The van der Waals surface area contributed by atoms with E-state index in [0.29, 0.717) is 28.3 Å². The van der Waals surface area contributed by atoms with E-state index in [1.54, 1.807) is 27.2 Å². The predicted octanol–water partition coefficient (Wildman–Crippen LogP) is 2.84. The molecule has 0 aliphatic carbocycles. The van der Waals surface area contributed by atoms with Gasteiger partial charge in [0.1, 0.15) is 23.1 Å². The van der Waals surface area contributed by atoms with Crippen LogP contribution in [0, 0.1) is 18.3 Å². The first-order valence-electron chi connectivity index (χ1n) is 8.24. The molecule has 1 aliphatic heterocycles. The highest BCUT2D eigenvalue weighted by Crippen LogP contribution is 2.42. The molecule has 1 aromatic carbocycles. The van der Waals surface area contributed by atoms with Gasteiger partial charge in [0.25, 0.3) is 5.56 Å². The molecule has 1 N–H and O–H groups in total. The van der Waals surface area contributed by atoms with E-state index in [0.717, 1.165) is 31.6 Å². The maximum Gasteiger partial charge on any atom is 0.266 e. The number of H-pyrrole nitrogens is 1. The summed E-state index contributed by atoms with van der Waals surface area (Å²) in [6.45, 7) is 3.74. The molecule has 2 heterocycles. The number of aromatic nitrogens is 1. The van der Waals surface area contributed by atoms with Gasteiger partial charge in [0.05, 0.1) is 19.9 Å². The van der Waals surface area contributed by atoms with E-state index < -0.39 is 5.56 Å². The van der Waals surface area contributed by atoms with Crippen LogP contribution in [0.5, 0.6) is 11.5 Å². The molecule has 0 spiro atoms. The van der Waals surface area contributed by atoms with Crippen LogP contribution in [0.15, 0.2) is 23.0 Å². The summed E-state index contributed by atoms with van der Waals surface area (Å²) in [5.74, 6) is 1.32. The van der Waals surface area contributed by atoms with Crippen molar-refractivity contribution in [3.05, 3.63) is 39.8 Å². The molecule has 6 nitrogen and oxygen atoms in total. The third-order valence-electron chi connectivity index (χ3n) is 4.52. The number of benzene rings is 1. The van der Waals surface area contributed by atoms with E-state index in [1.165, 1.54) is 0 Å². The second-order valence-corrected chi connectivity index (χ2v) is 6.10. The molecule has 0 bridgehead atoms. The number of hydrogen-bond donors (Lipinski definition) is 1. The van der Waals surface area contributed by atoms with Gasteiger partial charge in [-0.1, -0.05) is 0 Å². The van der Waals surface area contributed by atoms with Crippen LogP contribution in [0.1, 0.15) is 24.1 Å². The van der Waals surface area contributed by atoms with Crippen molar-refractivity contribution in [3.8, 4) is 28.7 Å². The molecule has 0 radical (unpaired) electrons. The number of aryl methyl sites for hydroxylation is 1. The lowest BCUT2D eigenvalue weighted by Gasteiger charge is -2.23. The third-order valence-corrected chi connectivity index (χ3v) is 4.52. The van der Waals surface area contributed by atoms with Crippen LogP contribution in [0.2, 0.25) is 0 Å². The van der Waals surface area contributed by atoms with Gasteiger partial charge >= 0.3 is 0 Å². The highest BCUT2D eigenvalue weighted by molar-refractivity contribution is 5.81. The van der Waals surface area contributed by atoms with E-state index >= 15 is 0 Å². The molecule has 0 saturated carbocycles. The van der Waals surface area contributed by atoms with Gasteiger partial charge < -0.3 is 19.4 Å². The monoisotopic (exact) mass is 339 g/mol. The number of anilines is 1. The standard InChI is InChI=1S/C19H21N3O3/c1-12-8-13(15(11-20)19(23)21-12)14-9-18(25-3)16(10-17(14)24-2)22-6-4-5-7-22/h8-10H,4-7H2,1-3H3,(H,21,23). The summed E-state index contributed by atoms with van der Waals surface area (Å²) in [7, 11) is 3.21. The Labute approximate surface area is 146 Å². The fourth-order valence-corrected chi connectivity index (χ4v) is 3.31. The van der Waals surface area contributed by atoms with Gasteiger partial charge in [0.2, 0.25) is 0 Å². The Morgan fingerprint density at radius 1 is 1.08 bits per heavy atom. The SMILES string of the molecule is COc1cc(N2CCCC2)c(OC)cc1-c1cc(C)[nH]c(=O)c1C#N. The van der Waals surface area contributed by atoms with Gasteiger partial charge in [0, 0.05) is 36.0 Å². The number of nitrogens with one attached hydrogen (secondary N) is 1. The Kier molecular flexibility index (Phi) is 4.66. The zero-order valence-electron chi connectivity index (χ0n) is 14.7. The number of nitrogens with zero attached hydrogens (tertiary/aromatic N) is 2. The molecular formula is C19H21N3O3. The molecule has 0 unspecified atom stereocenters. The van der Waals surface area contributed by atoms with Crippen LogP contribution in [0.25, 0.3) is 11.1 Å². The first-order chi connectivity index (χ1) is 12.1. The summed E-state index contributed by atoms with van der Waals surface area (Å²) in [6.07, 6.45) is 2.30. The molecule has 1 aromatic heterocycles. The summed E-state index contributed by atoms with van der Waals surface area (Å²) in [6, 6.07) is 7.56. The van der Waals surface area contributed by atoms with Crippen molar-refractivity contribution < 1.29 is 9.47 Å². The van der Waals surface area contributed by atoms with E-state index in [2.05, 4.69) is 9.88 Å². The number of hydrogen-bond acceptors (Lipinski definition) is 5. The predicted molar refractivity (Wildman–Crippen MR) is 96.5 cm³/mol. The minimum atomic E-state index is -0.401. The highest BCUT2D eigenvalue weighted by atomic mass is 16.5. The van der Waals surface area contributed by atoms with Crippen molar-refractivity contribution in [2.45, 2.75) is 19.8 Å². The topological polar surface area (TPSA) is 78.3 Å². The van der Waals surface area contributed by atoms with E-state index in [9.17, 15) is 10.1 Å². The Hall–Kier alpha value is -2.94. The Morgan fingerprint density at radius 3 is 2.36 bits per heavy atom. The quantitative estimate of drug-likeness (QED) is 0.927. The summed E-state index contributed by atoms with van der Waals surface area (Å²) < 4.78 is 11.2. The molecule has 1 aliphatic rings. The van der Waals surface area contributed by atoms with Crippen molar-refractivity contribution in [2.24, 2.45) is 0 Å². The average Bonchev–Trinajstić information content (AvgIpc) is 3.14. The molecule has 25 heavy (non-hydrogen) atoms. The lowest BCUT2D eigenvalue weighted by atomic mass is 9.99. The zero-order valence-corrected chi connectivity index (χ0v) is 14.7. The van der Waals surface area contributed by atoms with Gasteiger partial charge in [-0.3, -0.25) is 4.79 Å². The Morgan fingerprint density at radius 2 is 1.76 bits per heavy atom. The Balaban J connectivity index is 2.24. The zero-order chi connectivity index (χ0) is 18.0. The van der Waals surface area contributed by atoms with Gasteiger partial charge in [-0.15, -0.1) is 0 Å². The van der Waals surface area contributed by atoms with Crippen molar-refractivity contribution in [1.82, 2.24) is 4.98 Å². The first kappa shape index (κ1) is 16.9. The van der Waals surface area contributed by atoms with Crippen molar-refractivity contribution in [2.75, 3.05) is 32.2 Å². The average molecular weight is 339 g/mol. The van der Waals surface area contributed by atoms with Crippen LogP contribution in [-0.4, -0.2) is 32.3 Å². The van der Waals surface area contributed by atoms with Crippen molar-refractivity contribution in [1.29, 1.82) is 5.26 Å². The van der Waals surface area contributed by atoms with Crippen LogP contribution in [0.3, 0.4) is 0 Å². The lowest BCUT2D eigenvalue weighted by molar-refractivity contribution is 0.404. The van der Waals surface area contributed by atoms with Gasteiger partial charge in [-0.25, -0.2) is 0 Å². The number of nitriles is 1. The number of methoxy groups -OCH3 is 2. The molecule has 130 valence electrons. The normalized spacial score (nSPS) is 13.6. The smallest absolute Gasteiger partial charge is 0.266 e. The van der Waals surface area contributed by atoms with Crippen LogP contribution >= 0.6 is 0 Å². The molecule has 3 rings (SSSR count). The fourth-order valence-electron chi connectivity index (χ4n) is 3.31. The lowest BCUT2D eigenvalue weighted by Crippen LogP contribution is -2.18. The summed E-state index contributed by atoms with van der Waals surface area (Å²) in [5.41, 5.74) is 2.55. The number of aromatic amines is 1. The molecular weight excluding hydrogens is 318 g/mol. The largest absolute Gasteiger partial charge is 0.496 e. The maximum atomic E-state index is 12.1. The molecule has 1 saturated heterocycles. The van der Waals surface area contributed by atoms with Crippen LogP contribution in [0.4, 0.5) is 5.69 Å². The van der Waals surface area contributed by atoms with Gasteiger partial charge in [-0.2, -0.15) is 5.26 Å². The number of rotatable bonds is 4. The third kappa shape index (κ3) is 3.05. The van der Waals surface area contributed by atoms with E-state index in [-0.39, 0.29) is 5.56 Å². The summed E-state index contributed by atoms with van der Waals surface area (Å²) in [5, 5.41) is 9.42. The molecule has 2 aromatic rings.